The zero-order valence-electron chi connectivity index (χ0n) is 15.8. The van der Waals surface area contributed by atoms with Gasteiger partial charge in [-0.3, -0.25) is 9.69 Å². The summed E-state index contributed by atoms with van der Waals surface area (Å²) in [6.45, 7) is 4.76. The first-order valence-electron chi connectivity index (χ1n) is 9.48. The van der Waals surface area contributed by atoms with Crippen LogP contribution in [0.25, 0.3) is 0 Å². The van der Waals surface area contributed by atoms with Gasteiger partial charge in [-0.1, -0.05) is 12.8 Å². The van der Waals surface area contributed by atoms with E-state index in [1.54, 1.807) is 0 Å². The van der Waals surface area contributed by atoms with Crippen LogP contribution in [0, 0.1) is 5.41 Å². The molecular weight excluding hydrogens is 314 g/mol. The molecule has 0 bridgehead atoms. The minimum atomic E-state index is -0.286. The number of likely N-dealkylation sites (tertiary alicyclic amines) is 1. The fourth-order valence-electron chi connectivity index (χ4n) is 4.01. The van der Waals surface area contributed by atoms with E-state index in [9.17, 15) is 4.79 Å². The quantitative estimate of drug-likeness (QED) is 0.886. The van der Waals surface area contributed by atoms with E-state index in [2.05, 4.69) is 27.1 Å². The average Bonchev–Trinajstić information content (AvgIpc) is 3.08. The highest BCUT2D eigenvalue weighted by Crippen LogP contribution is 2.31. The zero-order chi connectivity index (χ0) is 17.9. The summed E-state index contributed by atoms with van der Waals surface area (Å²) in [6, 6.07) is 0.395. The summed E-state index contributed by atoms with van der Waals surface area (Å²) < 4.78 is 0. The number of piperidine rings is 1. The Morgan fingerprint density at radius 2 is 1.96 bits per heavy atom. The summed E-state index contributed by atoms with van der Waals surface area (Å²) in [4.78, 5) is 25.9. The van der Waals surface area contributed by atoms with Crippen LogP contribution in [0.5, 0.6) is 0 Å². The molecule has 1 aliphatic heterocycles. The Morgan fingerprint density at radius 1 is 1.28 bits per heavy atom. The first-order chi connectivity index (χ1) is 12.0. The average molecular weight is 345 g/mol. The molecule has 2 heterocycles. The van der Waals surface area contributed by atoms with Crippen molar-refractivity contribution in [1.82, 2.24) is 20.2 Å². The smallest absolute Gasteiger partial charge is 0.227 e. The van der Waals surface area contributed by atoms with Gasteiger partial charge in [0, 0.05) is 51.2 Å². The van der Waals surface area contributed by atoms with Crippen LogP contribution in [0.4, 0.5) is 5.95 Å². The molecule has 1 amide bonds. The van der Waals surface area contributed by atoms with Gasteiger partial charge in [-0.05, 0) is 39.2 Å². The van der Waals surface area contributed by atoms with E-state index in [0.29, 0.717) is 6.04 Å². The van der Waals surface area contributed by atoms with Gasteiger partial charge in [0.2, 0.25) is 11.9 Å². The van der Waals surface area contributed by atoms with Gasteiger partial charge in [0.15, 0.2) is 0 Å². The minimum absolute atomic E-state index is 0.239. The fourth-order valence-corrected chi connectivity index (χ4v) is 4.01. The van der Waals surface area contributed by atoms with E-state index in [1.807, 2.05) is 31.4 Å². The van der Waals surface area contributed by atoms with Crippen molar-refractivity contribution in [3.05, 3.63) is 18.0 Å². The van der Waals surface area contributed by atoms with Crippen molar-refractivity contribution in [3.63, 3.8) is 0 Å². The predicted octanol–water partition coefficient (Wildman–Crippen LogP) is 2.20. The fraction of sp³-hybridized carbons (Fsp3) is 0.737. The van der Waals surface area contributed by atoms with Crippen LogP contribution in [0.3, 0.4) is 0 Å². The van der Waals surface area contributed by atoms with Crippen molar-refractivity contribution in [2.45, 2.75) is 58.0 Å². The number of nitrogens with zero attached hydrogens (tertiary/aromatic N) is 4. The Morgan fingerprint density at radius 3 is 2.60 bits per heavy atom. The van der Waals surface area contributed by atoms with Crippen molar-refractivity contribution in [3.8, 4) is 0 Å². The molecule has 138 valence electrons. The highest BCUT2D eigenvalue weighted by molar-refractivity contribution is 5.82. The number of rotatable bonds is 5. The van der Waals surface area contributed by atoms with Gasteiger partial charge in [-0.25, -0.2) is 9.97 Å². The van der Waals surface area contributed by atoms with E-state index in [0.717, 1.165) is 56.8 Å². The Balaban J connectivity index is 1.58. The molecule has 1 aromatic rings. The minimum Gasteiger partial charge on any atom is -0.353 e. The van der Waals surface area contributed by atoms with Crippen molar-refractivity contribution in [1.29, 1.82) is 0 Å². The molecule has 6 nitrogen and oxygen atoms in total. The third-order valence-electron chi connectivity index (χ3n) is 5.51. The van der Waals surface area contributed by atoms with Crippen LogP contribution in [-0.2, 0) is 11.3 Å². The molecule has 3 rings (SSSR count). The maximum Gasteiger partial charge on any atom is 0.227 e. The Kier molecular flexibility index (Phi) is 5.57. The molecule has 1 aromatic heterocycles. The molecule has 1 atom stereocenters. The standard InChI is InChI=1S/C19H31N5O/c1-19(17(25)22-16-7-4-5-8-16)9-6-10-24(14-19)13-15-11-20-18(21-12-15)23(2)3/h11-12,16H,4-10,13-14H2,1-3H3,(H,22,25). The van der Waals surface area contributed by atoms with Crippen molar-refractivity contribution >= 4 is 11.9 Å². The van der Waals surface area contributed by atoms with E-state index in [-0.39, 0.29) is 11.3 Å². The molecule has 0 radical (unpaired) electrons. The molecule has 6 heteroatoms. The van der Waals surface area contributed by atoms with E-state index >= 15 is 0 Å². The summed E-state index contributed by atoms with van der Waals surface area (Å²) in [7, 11) is 3.88. The van der Waals surface area contributed by atoms with Gasteiger partial charge in [0.05, 0.1) is 5.41 Å². The zero-order valence-corrected chi connectivity index (χ0v) is 15.8. The number of hydrogen-bond donors (Lipinski definition) is 1. The lowest BCUT2D eigenvalue weighted by Gasteiger charge is -2.39. The summed E-state index contributed by atoms with van der Waals surface area (Å²) in [5, 5.41) is 3.30. The highest BCUT2D eigenvalue weighted by atomic mass is 16.2. The lowest BCUT2D eigenvalue weighted by atomic mass is 9.80. The molecule has 2 aliphatic rings. The number of carbonyl (C=O) groups excluding carboxylic acids is 1. The third kappa shape index (κ3) is 4.48. The third-order valence-corrected chi connectivity index (χ3v) is 5.51. The molecule has 2 fully saturated rings. The molecule has 0 aromatic carbocycles. The summed E-state index contributed by atoms with van der Waals surface area (Å²) in [5.41, 5.74) is 0.816. The lowest BCUT2D eigenvalue weighted by molar-refractivity contribution is -0.134. The monoisotopic (exact) mass is 345 g/mol. The maximum atomic E-state index is 12.8. The van der Waals surface area contributed by atoms with Crippen LogP contribution >= 0.6 is 0 Å². The van der Waals surface area contributed by atoms with E-state index < -0.39 is 0 Å². The van der Waals surface area contributed by atoms with Crippen LogP contribution in [0.15, 0.2) is 12.4 Å². The predicted molar refractivity (Wildman–Crippen MR) is 99.4 cm³/mol. The summed E-state index contributed by atoms with van der Waals surface area (Å²) >= 11 is 0. The summed E-state index contributed by atoms with van der Waals surface area (Å²) in [5.74, 6) is 0.964. The number of hydrogen-bond acceptors (Lipinski definition) is 5. The number of aromatic nitrogens is 2. The molecule has 25 heavy (non-hydrogen) atoms. The van der Waals surface area contributed by atoms with E-state index in [1.165, 1.54) is 12.8 Å². The summed E-state index contributed by atoms with van der Waals surface area (Å²) in [6.07, 6.45) is 10.6. The lowest BCUT2D eigenvalue weighted by Crippen LogP contribution is -2.51. The van der Waals surface area contributed by atoms with E-state index in [4.69, 9.17) is 0 Å². The van der Waals surface area contributed by atoms with Gasteiger partial charge in [0.25, 0.3) is 0 Å². The Hall–Kier alpha value is -1.69. The molecule has 1 saturated heterocycles. The second-order valence-electron chi connectivity index (χ2n) is 8.12. The van der Waals surface area contributed by atoms with Gasteiger partial charge in [-0.2, -0.15) is 0 Å². The molecule has 0 spiro atoms. The molecule has 1 saturated carbocycles. The number of carbonyl (C=O) groups is 1. The largest absolute Gasteiger partial charge is 0.353 e. The van der Waals surface area contributed by atoms with Crippen molar-refractivity contribution < 1.29 is 4.79 Å². The topological polar surface area (TPSA) is 61.4 Å². The molecule has 1 unspecified atom stereocenters. The number of anilines is 1. The van der Waals surface area contributed by atoms with Gasteiger partial charge < -0.3 is 10.2 Å². The van der Waals surface area contributed by atoms with Crippen LogP contribution in [0.2, 0.25) is 0 Å². The SMILES string of the molecule is CN(C)c1ncc(CN2CCCC(C)(C(=O)NC3CCCC3)C2)cn1. The Bertz CT molecular complexity index is 582. The highest BCUT2D eigenvalue weighted by Gasteiger charge is 2.38. The second kappa shape index (κ2) is 7.68. The Labute approximate surface area is 151 Å². The van der Waals surface area contributed by atoms with Crippen LogP contribution < -0.4 is 10.2 Å². The molecular formula is C19H31N5O. The number of amides is 1. The maximum absolute atomic E-state index is 12.8. The van der Waals surface area contributed by atoms with Gasteiger partial charge in [0.1, 0.15) is 0 Å². The van der Waals surface area contributed by atoms with Crippen LogP contribution in [-0.4, -0.2) is 54.0 Å². The first-order valence-corrected chi connectivity index (χ1v) is 9.48. The molecule has 1 aliphatic carbocycles. The van der Waals surface area contributed by atoms with Crippen molar-refractivity contribution in [2.24, 2.45) is 5.41 Å². The van der Waals surface area contributed by atoms with Crippen LogP contribution in [0.1, 0.15) is 51.0 Å². The molecule has 1 N–H and O–H groups in total. The van der Waals surface area contributed by atoms with Crippen molar-refractivity contribution in [2.75, 3.05) is 32.1 Å². The number of nitrogens with one attached hydrogen (secondary N) is 1. The first kappa shape index (κ1) is 18.1. The van der Waals surface area contributed by atoms with Gasteiger partial charge in [-0.15, -0.1) is 0 Å². The normalized spacial score (nSPS) is 25.1. The second-order valence-corrected chi connectivity index (χ2v) is 8.12. The van der Waals surface area contributed by atoms with Gasteiger partial charge >= 0.3 is 0 Å².